The number of para-hydroxylation sites is 1. The maximum atomic E-state index is 2.49. The van der Waals surface area contributed by atoms with Crippen LogP contribution in [0.1, 0.15) is 44.5 Å². The first-order chi connectivity index (χ1) is 37.2. The molecular weight excluding hydrogens is 903 g/mol. The third-order valence-electron chi connectivity index (χ3n) is 16.0. The van der Waals surface area contributed by atoms with Gasteiger partial charge >= 0.3 is 0 Å². The second-order valence-electron chi connectivity index (χ2n) is 19.9. The van der Waals surface area contributed by atoms with E-state index < -0.39 is 10.8 Å². The predicted molar refractivity (Wildman–Crippen MR) is 312 cm³/mol. The van der Waals surface area contributed by atoms with Gasteiger partial charge in [0, 0.05) is 16.9 Å². The van der Waals surface area contributed by atoms with E-state index in [1.165, 1.54) is 83.5 Å². The quantitative estimate of drug-likeness (QED) is 0.132. The SMILES string of the molecule is c1ccc(-c2ccc(-c3ccccc3N(c3cccc(-c4ccc5c(c4)-c4ccccc4C5(c4ccccc4)c4ccccc4)c3)c3ccc4c(c3)C(c3ccccc3)(c3ccccc3)c3ccccc3-4)cc2)cc1. The van der Waals surface area contributed by atoms with Crippen molar-refractivity contribution in [2.45, 2.75) is 10.8 Å². The van der Waals surface area contributed by atoms with Crippen molar-refractivity contribution in [3.05, 3.63) is 354 Å². The molecule has 2 aliphatic rings. The summed E-state index contributed by atoms with van der Waals surface area (Å²) in [5.74, 6) is 0. The molecule has 0 amide bonds. The molecule has 0 saturated heterocycles. The zero-order valence-electron chi connectivity index (χ0n) is 41.4. The molecule has 12 aromatic rings. The highest BCUT2D eigenvalue weighted by Crippen LogP contribution is 2.59. The van der Waals surface area contributed by atoms with Gasteiger partial charge in [-0.3, -0.25) is 0 Å². The van der Waals surface area contributed by atoms with Crippen LogP contribution in [0.15, 0.2) is 309 Å². The Bertz CT molecular complexity index is 3950. The van der Waals surface area contributed by atoms with Crippen LogP contribution in [0.5, 0.6) is 0 Å². The van der Waals surface area contributed by atoms with Crippen LogP contribution in [0.4, 0.5) is 17.1 Å². The first-order valence-electron chi connectivity index (χ1n) is 26.1. The fourth-order valence-electron chi connectivity index (χ4n) is 12.8. The second-order valence-corrected chi connectivity index (χ2v) is 19.9. The average Bonchev–Trinajstić information content (AvgIpc) is 4.08. The van der Waals surface area contributed by atoms with E-state index in [1.807, 2.05) is 0 Å². The van der Waals surface area contributed by atoms with E-state index in [1.54, 1.807) is 0 Å². The van der Waals surface area contributed by atoms with Gasteiger partial charge in [-0.25, -0.2) is 0 Å². The lowest BCUT2D eigenvalue weighted by molar-refractivity contribution is 0.768. The molecule has 2 aliphatic carbocycles. The molecule has 0 fully saturated rings. The maximum Gasteiger partial charge on any atom is 0.0714 e. The Morgan fingerprint density at radius 2 is 0.587 bits per heavy atom. The molecule has 0 unspecified atom stereocenters. The Morgan fingerprint density at radius 3 is 1.17 bits per heavy atom. The van der Waals surface area contributed by atoms with Crippen molar-refractivity contribution in [1.29, 1.82) is 0 Å². The molecule has 75 heavy (non-hydrogen) atoms. The fraction of sp³-hybridized carbons (Fsp3) is 0.0270. The first kappa shape index (κ1) is 44.2. The standard InChI is InChI=1S/C74H51N/c1-6-23-52(24-7-1)53-41-43-54(44-42-53)63-35-18-21-40-72(63)75(62-46-47-66-64-36-16-19-38-68(64)74(71(66)51-62,59-30-12-4-13-31-59)60-32-14-5-15-33-60)61-34-22-25-55(49-61)56-45-48-70-67(50-56)65-37-17-20-39-69(65)73(70,57-26-8-2-9-27-57)58-28-10-3-11-29-58/h1-51H. The van der Waals surface area contributed by atoms with E-state index in [0.717, 1.165) is 33.8 Å². The molecular formula is C74H51N. The van der Waals surface area contributed by atoms with Gasteiger partial charge in [0.05, 0.1) is 16.5 Å². The van der Waals surface area contributed by atoms with Crippen LogP contribution in [-0.2, 0) is 10.8 Å². The van der Waals surface area contributed by atoms with Gasteiger partial charge in [-0.1, -0.05) is 273 Å². The number of hydrogen-bond acceptors (Lipinski definition) is 1. The minimum atomic E-state index is -0.555. The number of anilines is 3. The summed E-state index contributed by atoms with van der Waals surface area (Å²) in [5.41, 5.74) is 24.5. The third-order valence-corrected chi connectivity index (χ3v) is 16.0. The van der Waals surface area contributed by atoms with E-state index in [2.05, 4.69) is 314 Å². The lowest BCUT2D eigenvalue weighted by atomic mass is 9.67. The van der Waals surface area contributed by atoms with Gasteiger partial charge in [0.15, 0.2) is 0 Å². The molecule has 0 saturated carbocycles. The molecule has 1 heteroatoms. The minimum absolute atomic E-state index is 0.462. The summed E-state index contributed by atoms with van der Waals surface area (Å²) in [6, 6.07) is 115. The zero-order chi connectivity index (χ0) is 49.8. The predicted octanol–water partition coefficient (Wildman–Crippen LogP) is 18.9. The monoisotopic (exact) mass is 953 g/mol. The molecule has 0 aliphatic heterocycles. The Balaban J connectivity index is 0.973. The van der Waals surface area contributed by atoms with E-state index >= 15 is 0 Å². The maximum absolute atomic E-state index is 2.49. The molecule has 0 N–H and O–H groups in total. The second kappa shape index (κ2) is 18.2. The van der Waals surface area contributed by atoms with Crippen molar-refractivity contribution in [3.63, 3.8) is 0 Å². The summed E-state index contributed by atoms with van der Waals surface area (Å²) in [6.07, 6.45) is 0. The highest BCUT2D eigenvalue weighted by atomic mass is 15.1. The van der Waals surface area contributed by atoms with Crippen molar-refractivity contribution in [3.8, 4) is 55.6 Å². The molecule has 352 valence electrons. The molecule has 0 bridgehead atoms. The Labute approximate surface area is 440 Å². The first-order valence-corrected chi connectivity index (χ1v) is 26.1. The number of rotatable bonds is 10. The van der Waals surface area contributed by atoms with Crippen molar-refractivity contribution >= 4 is 17.1 Å². The minimum Gasteiger partial charge on any atom is -0.310 e. The number of nitrogens with zero attached hydrogens (tertiary/aromatic N) is 1. The molecule has 0 spiro atoms. The van der Waals surface area contributed by atoms with Crippen molar-refractivity contribution in [2.75, 3.05) is 4.90 Å². The van der Waals surface area contributed by atoms with Crippen LogP contribution in [-0.4, -0.2) is 0 Å². The van der Waals surface area contributed by atoms with Crippen LogP contribution in [0.3, 0.4) is 0 Å². The lowest BCUT2D eigenvalue weighted by Crippen LogP contribution is -2.28. The molecule has 0 heterocycles. The average molecular weight is 954 g/mol. The third kappa shape index (κ3) is 7.00. The molecule has 14 rings (SSSR count). The van der Waals surface area contributed by atoms with E-state index in [0.29, 0.717) is 0 Å². The van der Waals surface area contributed by atoms with Gasteiger partial charge in [0.1, 0.15) is 0 Å². The van der Waals surface area contributed by atoms with Gasteiger partial charge < -0.3 is 4.90 Å². The van der Waals surface area contributed by atoms with Crippen LogP contribution >= 0.6 is 0 Å². The van der Waals surface area contributed by atoms with Gasteiger partial charge in [-0.15, -0.1) is 0 Å². The fourth-order valence-corrected chi connectivity index (χ4v) is 12.8. The molecule has 0 aromatic heterocycles. The van der Waals surface area contributed by atoms with Gasteiger partial charge in [-0.2, -0.15) is 0 Å². The van der Waals surface area contributed by atoms with Crippen LogP contribution in [0, 0.1) is 0 Å². The summed E-state index contributed by atoms with van der Waals surface area (Å²) in [7, 11) is 0. The molecule has 12 aromatic carbocycles. The summed E-state index contributed by atoms with van der Waals surface area (Å²) >= 11 is 0. The molecule has 0 radical (unpaired) electrons. The van der Waals surface area contributed by atoms with E-state index in [-0.39, 0.29) is 0 Å². The zero-order valence-corrected chi connectivity index (χ0v) is 41.4. The van der Waals surface area contributed by atoms with Crippen LogP contribution in [0.25, 0.3) is 55.6 Å². The largest absolute Gasteiger partial charge is 0.310 e. The lowest BCUT2D eigenvalue weighted by Gasteiger charge is -2.35. The van der Waals surface area contributed by atoms with Crippen LogP contribution < -0.4 is 4.90 Å². The summed E-state index contributed by atoms with van der Waals surface area (Å²) in [5, 5.41) is 0. The summed E-state index contributed by atoms with van der Waals surface area (Å²) in [6.45, 7) is 0. The highest BCUT2D eigenvalue weighted by Gasteiger charge is 2.47. The topological polar surface area (TPSA) is 3.24 Å². The number of fused-ring (bicyclic) bond motifs is 6. The number of benzene rings is 12. The van der Waals surface area contributed by atoms with Gasteiger partial charge in [-0.05, 0) is 131 Å². The highest BCUT2D eigenvalue weighted by molar-refractivity contribution is 5.94. The molecule has 0 atom stereocenters. The Hall–Kier alpha value is -9.56. The smallest absolute Gasteiger partial charge is 0.0714 e. The van der Waals surface area contributed by atoms with Gasteiger partial charge in [0.25, 0.3) is 0 Å². The van der Waals surface area contributed by atoms with E-state index in [4.69, 9.17) is 0 Å². The van der Waals surface area contributed by atoms with Crippen molar-refractivity contribution in [1.82, 2.24) is 0 Å². The number of hydrogen-bond donors (Lipinski definition) is 0. The summed E-state index contributed by atoms with van der Waals surface area (Å²) < 4.78 is 0. The molecule has 1 nitrogen and oxygen atoms in total. The Morgan fingerprint density at radius 1 is 0.200 bits per heavy atom. The summed E-state index contributed by atoms with van der Waals surface area (Å²) in [4.78, 5) is 2.49. The van der Waals surface area contributed by atoms with Gasteiger partial charge in [0.2, 0.25) is 0 Å². The van der Waals surface area contributed by atoms with Crippen LogP contribution in [0.2, 0.25) is 0 Å². The van der Waals surface area contributed by atoms with E-state index in [9.17, 15) is 0 Å². The van der Waals surface area contributed by atoms with Crippen molar-refractivity contribution in [2.24, 2.45) is 0 Å². The Kier molecular flexibility index (Phi) is 10.7. The van der Waals surface area contributed by atoms with Crippen molar-refractivity contribution < 1.29 is 0 Å². The normalized spacial score (nSPS) is 13.3.